The standard InChI is InChI=1S/C19H21N7O2/c1-9-4-5-12-13(6-9)25-14(24-12)7-20-18(27)15-10(2)23-19(28)26-17(15)16-11(3)21-8-22-16/h4-6,8,17H,7H2,1-3H3,(H,20,27)(H,21,22)(H,24,25)(H2,23,26,28)/t17-/m1/s1. The van der Waals surface area contributed by atoms with E-state index in [1.165, 1.54) is 0 Å². The third-order valence-corrected chi connectivity index (χ3v) is 4.76. The minimum Gasteiger partial charge on any atom is -0.348 e. The van der Waals surface area contributed by atoms with Crippen molar-refractivity contribution in [3.8, 4) is 0 Å². The first-order chi connectivity index (χ1) is 13.4. The smallest absolute Gasteiger partial charge is 0.319 e. The maximum absolute atomic E-state index is 12.9. The molecule has 1 aromatic carbocycles. The fourth-order valence-corrected chi connectivity index (χ4v) is 3.38. The van der Waals surface area contributed by atoms with Crippen LogP contribution in [0.1, 0.15) is 35.7 Å². The van der Waals surface area contributed by atoms with Gasteiger partial charge in [-0.15, -0.1) is 0 Å². The lowest BCUT2D eigenvalue weighted by Crippen LogP contribution is -2.47. The van der Waals surface area contributed by atoms with Crippen LogP contribution >= 0.6 is 0 Å². The molecule has 3 heterocycles. The molecule has 0 fully saturated rings. The molecule has 0 spiro atoms. The largest absolute Gasteiger partial charge is 0.348 e. The Kier molecular flexibility index (Phi) is 4.34. The van der Waals surface area contributed by atoms with Gasteiger partial charge >= 0.3 is 6.03 Å². The number of aromatic nitrogens is 4. The number of hydrogen-bond acceptors (Lipinski definition) is 4. The van der Waals surface area contributed by atoms with E-state index in [4.69, 9.17) is 0 Å². The molecule has 0 aliphatic carbocycles. The summed E-state index contributed by atoms with van der Waals surface area (Å²) in [6.07, 6.45) is 1.54. The molecule has 0 bridgehead atoms. The number of aryl methyl sites for hydroxylation is 2. The van der Waals surface area contributed by atoms with Crippen LogP contribution in [0.2, 0.25) is 0 Å². The van der Waals surface area contributed by atoms with Gasteiger partial charge in [0.25, 0.3) is 5.91 Å². The first-order valence-electron chi connectivity index (χ1n) is 8.94. The number of hydrogen-bond donors (Lipinski definition) is 5. The molecule has 1 atom stereocenters. The van der Waals surface area contributed by atoms with Gasteiger partial charge in [0.15, 0.2) is 0 Å². The zero-order valence-electron chi connectivity index (χ0n) is 15.8. The van der Waals surface area contributed by atoms with Gasteiger partial charge in [0.05, 0.1) is 35.2 Å². The van der Waals surface area contributed by atoms with Crippen molar-refractivity contribution < 1.29 is 9.59 Å². The van der Waals surface area contributed by atoms with Crippen LogP contribution < -0.4 is 16.0 Å². The molecule has 4 rings (SSSR count). The number of nitrogens with one attached hydrogen (secondary N) is 5. The van der Waals surface area contributed by atoms with E-state index in [0.717, 1.165) is 22.3 Å². The van der Waals surface area contributed by atoms with Gasteiger partial charge in [0, 0.05) is 11.4 Å². The number of urea groups is 1. The number of rotatable bonds is 4. The summed E-state index contributed by atoms with van der Waals surface area (Å²) in [4.78, 5) is 39.8. The first-order valence-corrected chi connectivity index (χ1v) is 8.94. The summed E-state index contributed by atoms with van der Waals surface area (Å²) >= 11 is 0. The van der Waals surface area contributed by atoms with Gasteiger partial charge in [-0.05, 0) is 38.5 Å². The summed E-state index contributed by atoms with van der Waals surface area (Å²) in [5.41, 5.74) is 5.22. The van der Waals surface area contributed by atoms with Crippen LogP contribution in [0.3, 0.4) is 0 Å². The Bertz CT molecular complexity index is 1110. The van der Waals surface area contributed by atoms with Gasteiger partial charge < -0.3 is 25.9 Å². The van der Waals surface area contributed by atoms with Crippen LogP contribution in [0.4, 0.5) is 4.79 Å². The van der Waals surface area contributed by atoms with Crippen LogP contribution in [-0.4, -0.2) is 31.9 Å². The van der Waals surface area contributed by atoms with E-state index in [1.54, 1.807) is 13.3 Å². The van der Waals surface area contributed by atoms with Crippen molar-refractivity contribution in [2.45, 2.75) is 33.4 Å². The molecular weight excluding hydrogens is 358 g/mol. The predicted molar refractivity (Wildman–Crippen MR) is 103 cm³/mol. The highest BCUT2D eigenvalue weighted by molar-refractivity contribution is 5.98. The van der Waals surface area contributed by atoms with E-state index in [2.05, 4.69) is 35.9 Å². The highest BCUT2D eigenvalue weighted by Gasteiger charge is 2.33. The van der Waals surface area contributed by atoms with E-state index >= 15 is 0 Å². The Balaban J connectivity index is 1.56. The molecule has 0 saturated carbocycles. The lowest BCUT2D eigenvalue weighted by molar-refractivity contribution is -0.118. The molecule has 9 nitrogen and oxygen atoms in total. The van der Waals surface area contributed by atoms with E-state index in [9.17, 15) is 9.59 Å². The minimum absolute atomic E-state index is 0.240. The van der Waals surface area contributed by atoms with Crippen LogP contribution in [0.15, 0.2) is 35.8 Å². The predicted octanol–water partition coefficient (Wildman–Crippen LogP) is 1.85. The zero-order valence-corrected chi connectivity index (χ0v) is 15.8. The summed E-state index contributed by atoms with van der Waals surface area (Å²) < 4.78 is 0. The summed E-state index contributed by atoms with van der Waals surface area (Å²) in [5, 5.41) is 8.31. The zero-order chi connectivity index (χ0) is 19.8. The Morgan fingerprint density at radius 3 is 2.82 bits per heavy atom. The molecule has 1 aliphatic rings. The van der Waals surface area contributed by atoms with Crippen LogP contribution in [-0.2, 0) is 11.3 Å². The Morgan fingerprint density at radius 1 is 1.25 bits per heavy atom. The van der Waals surface area contributed by atoms with Gasteiger partial charge in [0.2, 0.25) is 0 Å². The fraction of sp³-hybridized carbons (Fsp3) is 0.263. The third kappa shape index (κ3) is 3.22. The maximum atomic E-state index is 12.9. The normalized spacial score (nSPS) is 16.8. The summed E-state index contributed by atoms with van der Waals surface area (Å²) in [5.74, 6) is 0.363. The average molecular weight is 379 g/mol. The Morgan fingerprint density at radius 2 is 2.07 bits per heavy atom. The molecule has 1 aliphatic heterocycles. The number of benzene rings is 1. The van der Waals surface area contributed by atoms with E-state index in [1.807, 2.05) is 32.0 Å². The van der Waals surface area contributed by atoms with Crippen molar-refractivity contribution in [2.24, 2.45) is 0 Å². The van der Waals surface area contributed by atoms with E-state index < -0.39 is 6.04 Å². The number of amides is 3. The number of carbonyl (C=O) groups excluding carboxylic acids is 2. The maximum Gasteiger partial charge on any atom is 0.319 e. The Hall–Kier alpha value is -3.62. The molecular formula is C19H21N7O2. The van der Waals surface area contributed by atoms with E-state index in [-0.39, 0.29) is 18.5 Å². The molecule has 0 unspecified atom stereocenters. The van der Waals surface area contributed by atoms with Gasteiger partial charge in [-0.1, -0.05) is 6.07 Å². The van der Waals surface area contributed by atoms with Gasteiger partial charge in [0.1, 0.15) is 11.9 Å². The summed E-state index contributed by atoms with van der Waals surface area (Å²) in [7, 11) is 0. The highest BCUT2D eigenvalue weighted by atomic mass is 16.2. The molecule has 3 aromatic rings. The number of carbonyl (C=O) groups is 2. The first kappa shape index (κ1) is 17.8. The second kappa shape index (κ2) is 6.84. The average Bonchev–Trinajstić information content (AvgIpc) is 3.24. The second-order valence-electron chi connectivity index (χ2n) is 6.87. The quantitative estimate of drug-likeness (QED) is 0.474. The molecule has 144 valence electrons. The molecule has 5 N–H and O–H groups in total. The SMILES string of the molecule is CC1=C(C(=O)NCc2nc3ccc(C)cc3[nH]2)[C@H](c2nc[nH]c2C)NC(=O)N1. The lowest BCUT2D eigenvalue weighted by Gasteiger charge is -2.27. The van der Waals surface area contributed by atoms with Crippen molar-refractivity contribution >= 4 is 23.0 Å². The van der Waals surface area contributed by atoms with Gasteiger partial charge in [-0.25, -0.2) is 14.8 Å². The number of imidazole rings is 2. The molecule has 3 amide bonds. The number of fused-ring (bicyclic) bond motifs is 1. The van der Waals surface area contributed by atoms with Crippen molar-refractivity contribution in [1.82, 2.24) is 35.9 Å². The third-order valence-electron chi connectivity index (χ3n) is 4.76. The van der Waals surface area contributed by atoms with Gasteiger partial charge in [-0.3, -0.25) is 4.79 Å². The van der Waals surface area contributed by atoms with Crippen LogP contribution in [0, 0.1) is 13.8 Å². The van der Waals surface area contributed by atoms with Crippen molar-refractivity contribution in [3.63, 3.8) is 0 Å². The van der Waals surface area contributed by atoms with E-state index in [0.29, 0.717) is 22.8 Å². The molecule has 2 aromatic heterocycles. The highest BCUT2D eigenvalue weighted by Crippen LogP contribution is 2.27. The second-order valence-corrected chi connectivity index (χ2v) is 6.87. The molecule has 9 heteroatoms. The minimum atomic E-state index is -0.627. The summed E-state index contributed by atoms with van der Waals surface area (Å²) in [6.45, 7) is 5.80. The molecule has 0 radical (unpaired) electrons. The number of allylic oxidation sites excluding steroid dienone is 1. The number of H-pyrrole nitrogens is 2. The number of nitrogens with zero attached hydrogens (tertiary/aromatic N) is 2. The summed E-state index contributed by atoms with van der Waals surface area (Å²) in [6, 6.07) is 4.95. The molecule has 28 heavy (non-hydrogen) atoms. The van der Waals surface area contributed by atoms with Crippen molar-refractivity contribution in [2.75, 3.05) is 0 Å². The van der Waals surface area contributed by atoms with Crippen molar-refractivity contribution in [3.05, 3.63) is 58.6 Å². The fourth-order valence-electron chi connectivity index (χ4n) is 3.38. The lowest BCUT2D eigenvalue weighted by atomic mass is 9.98. The number of aromatic amines is 2. The molecule has 0 saturated heterocycles. The van der Waals surface area contributed by atoms with Crippen LogP contribution in [0.5, 0.6) is 0 Å². The van der Waals surface area contributed by atoms with Crippen LogP contribution in [0.25, 0.3) is 11.0 Å². The monoisotopic (exact) mass is 379 g/mol. The van der Waals surface area contributed by atoms with Crippen molar-refractivity contribution in [1.29, 1.82) is 0 Å². The topological polar surface area (TPSA) is 128 Å². The Labute approximate surface area is 161 Å². The van der Waals surface area contributed by atoms with Gasteiger partial charge in [-0.2, -0.15) is 0 Å².